The van der Waals surface area contributed by atoms with Crippen LogP contribution in [0.3, 0.4) is 0 Å². The molecule has 1 atom stereocenters. The number of carbonyl (C=O) groups is 1. The van der Waals surface area contributed by atoms with E-state index in [2.05, 4.69) is 15.2 Å². The molecule has 0 aromatic carbocycles. The van der Waals surface area contributed by atoms with Gasteiger partial charge in [-0.15, -0.1) is 24.8 Å². The second-order valence-corrected chi connectivity index (χ2v) is 4.45. The predicted molar refractivity (Wildman–Crippen MR) is 90.2 cm³/mol. The molecule has 0 spiro atoms. The van der Waals surface area contributed by atoms with Crippen molar-refractivity contribution in [3.05, 3.63) is 18.3 Å². The highest BCUT2D eigenvalue weighted by molar-refractivity contribution is 5.94. The molecule has 7 nitrogen and oxygen atoms in total. The number of rotatable bonds is 5. The first-order chi connectivity index (χ1) is 9.74. The van der Waals surface area contributed by atoms with Crippen molar-refractivity contribution in [3.8, 4) is 0 Å². The van der Waals surface area contributed by atoms with Crippen LogP contribution < -0.4 is 16.0 Å². The van der Waals surface area contributed by atoms with Gasteiger partial charge in [-0.1, -0.05) is 0 Å². The van der Waals surface area contributed by atoms with Gasteiger partial charge in [-0.25, -0.2) is 4.98 Å². The third kappa shape index (κ3) is 5.58. The average molecular weight is 353 g/mol. The second kappa shape index (κ2) is 10.6. The van der Waals surface area contributed by atoms with Crippen molar-refractivity contribution < 1.29 is 14.3 Å². The number of nitrogens with two attached hydrogens (primary N) is 1. The molecule has 0 radical (unpaired) electrons. The highest BCUT2D eigenvalue weighted by Crippen LogP contribution is 2.15. The van der Waals surface area contributed by atoms with Gasteiger partial charge in [0.05, 0.1) is 25.1 Å². The third-order valence-electron chi connectivity index (χ3n) is 3.14. The summed E-state index contributed by atoms with van der Waals surface area (Å²) in [7, 11) is 1.46. The molecule has 9 heteroatoms. The number of methoxy groups -OCH3 is 1. The van der Waals surface area contributed by atoms with E-state index in [0.717, 1.165) is 18.9 Å². The van der Waals surface area contributed by atoms with Crippen LogP contribution in [-0.2, 0) is 14.3 Å². The van der Waals surface area contributed by atoms with Crippen molar-refractivity contribution in [3.63, 3.8) is 0 Å². The van der Waals surface area contributed by atoms with Crippen molar-refractivity contribution in [2.75, 3.05) is 50.2 Å². The number of halogens is 2. The van der Waals surface area contributed by atoms with E-state index in [9.17, 15) is 4.79 Å². The number of carbonyl (C=O) groups excluding carboxylic acids is 1. The largest absolute Gasteiger partial charge is 0.378 e. The SMILES string of the molecule is COC(CN)C(=O)Nc1ccc(N2CCOCC2)nc1.Cl.Cl. The maximum absolute atomic E-state index is 11.8. The number of anilines is 2. The lowest BCUT2D eigenvalue weighted by Crippen LogP contribution is -2.37. The maximum atomic E-state index is 11.8. The molecule has 22 heavy (non-hydrogen) atoms. The monoisotopic (exact) mass is 352 g/mol. The van der Waals surface area contributed by atoms with E-state index in [1.807, 2.05) is 12.1 Å². The zero-order valence-corrected chi connectivity index (χ0v) is 14.0. The minimum absolute atomic E-state index is 0. The van der Waals surface area contributed by atoms with Gasteiger partial charge in [0.1, 0.15) is 11.9 Å². The summed E-state index contributed by atoms with van der Waals surface area (Å²) >= 11 is 0. The van der Waals surface area contributed by atoms with Crippen molar-refractivity contribution in [1.82, 2.24) is 4.98 Å². The number of hydrogen-bond acceptors (Lipinski definition) is 6. The van der Waals surface area contributed by atoms with Gasteiger partial charge in [-0.05, 0) is 12.1 Å². The Labute approximate surface area is 142 Å². The molecule has 1 aliphatic rings. The molecule has 3 N–H and O–H groups in total. The summed E-state index contributed by atoms with van der Waals surface area (Å²) < 4.78 is 10.3. The molecular formula is C13H22Cl2N4O3. The summed E-state index contributed by atoms with van der Waals surface area (Å²) in [5, 5.41) is 2.72. The molecular weight excluding hydrogens is 331 g/mol. The van der Waals surface area contributed by atoms with Gasteiger partial charge in [-0.3, -0.25) is 4.79 Å². The molecule has 126 valence electrons. The van der Waals surface area contributed by atoms with Gasteiger partial charge in [0, 0.05) is 26.7 Å². The number of morpholine rings is 1. The van der Waals surface area contributed by atoms with Crippen LogP contribution in [-0.4, -0.2) is 57.0 Å². The first-order valence-electron chi connectivity index (χ1n) is 6.57. The minimum Gasteiger partial charge on any atom is -0.378 e. The molecule has 2 heterocycles. The van der Waals surface area contributed by atoms with Gasteiger partial charge >= 0.3 is 0 Å². The van der Waals surface area contributed by atoms with Crippen molar-refractivity contribution in [2.24, 2.45) is 5.73 Å². The Hall–Kier alpha value is -1.12. The fourth-order valence-electron chi connectivity index (χ4n) is 1.97. The summed E-state index contributed by atoms with van der Waals surface area (Å²) in [6.07, 6.45) is 0.986. The molecule has 1 fully saturated rings. The van der Waals surface area contributed by atoms with E-state index in [0.29, 0.717) is 18.9 Å². The number of nitrogens with zero attached hydrogens (tertiary/aromatic N) is 2. The standard InChI is InChI=1S/C13H20N4O3.2ClH/c1-19-11(8-14)13(18)16-10-2-3-12(15-9-10)17-4-6-20-7-5-17;;/h2-3,9,11H,4-8,14H2,1H3,(H,16,18);2*1H. The molecule has 1 aliphatic heterocycles. The van der Waals surface area contributed by atoms with Gasteiger partial charge < -0.3 is 25.4 Å². The molecule has 1 saturated heterocycles. The van der Waals surface area contributed by atoms with Crippen LogP contribution in [0.2, 0.25) is 0 Å². The lowest BCUT2D eigenvalue weighted by atomic mass is 10.3. The Morgan fingerprint density at radius 3 is 2.64 bits per heavy atom. The zero-order valence-electron chi connectivity index (χ0n) is 12.4. The molecule has 1 amide bonds. The Bertz CT molecular complexity index is 437. The summed E-state index contributed by atoms with van der Waals surface area (Å²) in [5.41, 5.74) is 6.07. The van der Waals surface area contributed by atoms with Crippen molar-refractivity contribution in [1.29, 1.82) is 0 Å². The van der Waals surface area contributed by atoms with E-state index in [-0.39, 0.29) is 37.3 Å². The first kappa shape index (κ1) is 20.9. The Kier molecular flexibility index (Phi) is 10.0. The fraction of sp³-hybridized carbons (Fsp3) is 0.538. The van der Waals surface area contributed by atoms with Crippen LogP contribution in [0.15, 0.2) is 18.3 Å². The van der Waals surface area contributed by atoms with E-state index in [1.165, 1.54) is 7.11 Å². The summed E-state index contributed by atoms with van der Waals surface area (Å²) in [5.74, 6) is 0.615. The lowest BCUT2D eigenvalue weighted by molar-refractivity contribution is -0.125. The highest BCUT2D eigenvalue weighted by atomic mass is 35.5. The van der Waals surface area contributed by atoms with Crippen LogP contribution in [0.5, 0.6) is 0 Å². The summed E-state index contributed by atoms with van der Waals surface area (Å²) in [6.45, 7) is 3.23. The smallest absolute Gasteiger partial charge is 0.254 e. The summed E-state index contributed by atoms with van der Waals surface area (Å²) in [4.78, 5) is 18.3. The van der Waals surface area contributed by atoms with E-state index >= 15 is 0 Å². The molecule has 0 saturated carbocycles. The van der Waals surface area contributed by atoms with Crippen LogP contribution in [0.1, 0.15) is 0 Å². The van der Waals surface area contributed by atoms with Crippen LogP contribution in [0.25, 0.3) is 0 Å². The van der Waals surface area contributed by atoms with Gasteiger partial charge in [0.25, 0.3) is 5.91 Å². The number of amides is 1. The van der Waals surface area contributed by atoms with E-state index in [1.54, 1.807) is 6.20 Å². The molecule has 1 aromatic rings. The zero-order chi connectivity index (χ0) is 14.4. The van der Waals surface area contributed by atoms with Crippen molar-refractivity contribution in [2.45, 2.75) is 6.10 Å². The van der Waals surface area contributed by atoms with E-state index in [4.69, 9.17) is 15.2 Å². The van der Waals surface area contributed by atoms with Gasteiger partial charge in [0.2, 0.25) is 0 Å². The number of aromatic nitrogens is 1. The lowest BCUT2D eigenvalue weighted by Gasteiger charge is -2.27. The quantitative estimate of drug-likeness (QED) is 0.809. The van der Waals surface area contributed by atoms with Crippen LogP contribution in [0, 0.1) is 0 Å². The third-order valence-corrected chi connectivity index (χ3v) is 3.14. The number of nitrogens with one attached hydrogen (secondary N) is 1. The number of hydrogen-bond donors (Lipinski definition) is 2. The topological polar surface area (TPSA) is 89.7 Å². The van der Waals surface area contributed by atoms with Crippen molar-refractivity contribution >= 4 is 42.2 Å². The maximum Gasteiger partial charge on any atom is 0.254 e. The Balaban J connectivity index is 0.00000220. The molecule has 0 bridgehead atoms. The highest BCUT2D eigenvalue weighted by Gasteiger charge is 2.16. The van der Waals surface area contributed by atoms with Gasteiger partial charge in [-0.2, -0.15) is 0 Å². The molecule has 1 aromatic heterocycles. The predicted octanol–water partition coefficient (Wildman–Crippen LogP) is 0.674. The molecule has 1 unspecified atom stereocenters. The van der Waals surface area contributed by atoms with Gasteiger partial charge in [0.15, 0.2) is 0 Å². The number of pyridine rings is 1. The molecule has 2 rings (SSSR count). The minimum atomic E-state index is -0.645. The Morgan fingerprint density at radius 1 is 1.45 bits per heavy atom. The van der Waals surface area contributed by atoms with Crippen LogP contribution in [0.4, 0.5) is 11.5 Å². The Morgan fingerprint density at radius 2 is 2.14 bits per heavy atom. The van der Waals surface area contributed by atoms with Crippen LogP contribution >= 0.6 is 24.8 Å². The van der Waals surface area contributed by atoms with E-state index < -0.39 is 6.10 Å². The fourth-order valence-corrected chi connectivity index (χ4v) is 1.97. The average Bonchev–Trinajstić information content (AvgIpc) is 2.50. The first-order valence-corrected chi connectivity index (χ1v) is 6.57. The number of ether oxygens (including phenoxy) is 2. The normalized spacial score (nSPS) is 15.3. The second-order valence-electron chi connectivity index (χ2n) is 4.45. The summed E-state index contributed by atoms with van der Waals surface area (Å²) in [6, 6.07) is 3.70. The molecule has 0 aliphatic carbocycles.